The van der Waals surface area contributed by atoms with Crippen molar-refractivity contribution in [3.05, 3.63) is 56.8 Å². The smallest absolute Gasteiger partial charge is 0.175 e. The van der Waals surface area contributed by atoms with Crippen LogP contribution in [0.4, 0.5) is 0 Å². The SMILES string of the molecule is Cc1cc(C(=O)CSc2nnc(SCc3ccc(C(C)C)cc3)s2)c(C)s1. The number of carbonyl (C=O) groups is 1. The van der Waals surface area contributed by atoms with Gasteiger partial charge in [-0.25, -0.2) is 0 Å². The molecule has 2 heterocycles. The lowest BCUT2D eigenvalue weighted by Gasteiger charge is -2.05. The van der Waals surface area contributed by atoms with Crippen LogP contribution in [-0.2, 0) is 5.75 Å². The van der Waals surface area contributed by atoms with Crippen LogP contribution in [0.25, 0.3) is 0 Å². The zero-order chi connectivity index (χ0) is 19.4. The quantitative estimate of drug-likeness (QED) is 0.295. The number of aryl methyl sites for hydroxylation is 2. The van der Waals surface area contributed by atoms with Gasteiger partial charge in [0.05, 0.1) is 5.75 Å². The molecular formula is C20H22N2OS4. The van der Waals surface area contributed by atoms with Gasteiger partial charge in [0.25, 0.3) is 0 Å². The predicted molar refractivity (Wildman–Crippen MR) is 119 cm³/mol. The number of Topliss-reactive ketones (excluding diaryl/α,β-unsaturated/α-hetero) is 1. The average Bonchev–Trinajstić information content (AvgIpc) is 3.24. The highest BCUT2D eigenvalue weighted by molar-refractivity contribution is 8.03. The van der Waals surface area contributed by atoms with Gasteiger partial charge in [0.15, 0.2) is 14.5 Å². The maximum absolute atomic E-state index is 12.4. The molecular weight excluding hydrogens is 413 g/mol. The number of benzene rings is 1. The third-order valence-electron chi connectivity index (χ3n) is 4.06. The zero-order valence-electron chi connectivity index (χ0n) is 15.8. The van der Waals surface area contributed by atoms with E-state index in [-0.39, 0.29) is 5.78 Å². The molecule has 7 heteroatoms. The van der Waals surface area contributed by atoms with Crippen molar-refractivity contribution >= 4 is 52.0 Å². The van der Waals surface area contributed by atoms with Gasteiger partial charge in [-0.2, -0.15) is 0 Å². The van der Waals surface area contributed by atoms with E-state index in [1.807, 2.05) is 19.9 Å². The molecule has 2 aromatic heterocycles. The second-order valence-electron chi connectivity index (χ2n) is 6.56. The maximum atomic E-state index is 12.4. The fourth-order valence-corrected chi connectivity index (χ4v) is 6.37. The van der Waals surface area contributed by atoms with E-state index in [4.69, 9.17) is 0 Å². The number of aromatic nitrogens is 2. The monoisotopic (exact) mass is 434 g/mol. The Balaban J connectivity index is 1.51. The first-order valence-electron chi connectivity index (χ1n) is 8.70. The highest BCUT2D eigenvalue weighted by atomic mass is 32.2. The minimum absolute atomic E-state index is 0.163. The Morgan fingerprint density at radius 3 is 2.30 bits per heavy atom. The van der Waals surface area contributed by atoms with Crippen LogP contribution in [0.3, 0.4) is 0 Å². The summed E-state index contributed by atoms with van der Waals surface area (Å²) < 4.78 is 1.80. The van der Waals surface area contributed by atoms with E-state index < -0.39 is 0 Å². The van der Waals surface area contributed by atoms with Gasteiger partial charge in [0, 0.05) is 21.1 Å². The zero-order valence-corrected chi connectivity index (χ0v) is 19.1. The maximum Gasteiger partial charge on any atom is 0.175 e. The Kier molecular flexibility index (Phi) is 7.14. The van der Waals surface area contributed by atoms with E-state index >= 15 is 0 Å². The number of thioether (sulfide) groups is 2. The van der Waals surface area contributed by atoms with Crippen molar-refractivity contribution in [3.63, 3.8) is 0 Å². The molecule has 3 nitrogen and oxygen atoms in total. The largest absolute Gasteiger partial charge is 0.293 e. The van der Waals surface area contributed by atoms with Gasteiger partial charge in [-0.15, -0.1) is 21.5 Å². The van der Waals surface area contributed by atoms with Gasteiger partial charge in [-0.1, -0.05) is 73.0 Å². The standard InChI is InChI=1S/C20H22N2OS4/c1-12(2)16-7-5-15(6-8-16)10-24-19-21-22-20(27-19)25-11-18(23)17-9-13(3)26-14(17)4/h5-9,12H,10-11H2,1-4H3. The number of hydrogen-bond donors (Lipinski definition) is 0. The summed E-state index contributed by atoms with van der Waals surface area (Å²) in [6, 6.07) is 10.7. The minimum Gasteiger partial charge on any atom is -0.293 e. The molecule has 0 radical (unpaired) electrons. The van der Waals surface area contributed by atoms with Crippen LogP contribution >= 0.6 is 46.2 Å². The Hall–Kier alpha value is -1.15. The normalized spacial score (nSPS) is 11.3. The van der Waals surface area contributed by atoms with Crippen molar-refractivity contribution in [3.8, 4) is 0 Å². The number of rotatable bonds is 8. The number of thiophene rings is 1. The Morgan fingerprint density at radius 2 is 1.70 bits per heavy atom. The van der Waals surface area contributed by atoms with Crippen molar-refractivity contribution in [2.45, 2.75) is 48.0 Å². The van der Waals surface area contributed by atoms with Gasteiger partial charge in [-0.05, 0) is 37.0 Å². The molecule has 1 aromatic carbocycles. The summed E-state index contributed by atoms with van der Waals surface area (Å²) in [5, 5.41) is 8.47. The second kappa shape index (κ2) is 9.37. The summed E-state index contributed by atoms with van der Waals surface area (Å²) >= 11 is 6.40. The molecule has 0 N–H and O–H groups in total. The summed E-state index contributed by atoms with van der Waals surface area (Å²) in [6.45, 7) is 8.45. The van der Waals surface area contributed by atoms with Crippen LogP contribution in [0.5, 0.6) is 0 Å². The first-order chi connectivity index (χ1) is 12.9. The molecule has 27 heavy (non-hydrogen) atoms. The van der Waals surface area contributed by atoms with Crippen LogP contribution in [-0.4, -0.2) is 21.7 Å². The van der Waals surface area contributed by atoms with Crippen molar-refractivity contribution in [1.82, 2.24) is 10.2 Å². The lowest BCUT2D eigenvalue weighted by molar-refractivity contribution is 0.102. The number of carbonyl (C=O) groups excluding carboxylic acids is 1. The van der Waals surface area contributed by atoms with Crippen molar-refractivity contribution < 1.29 is 4.79 Å². The van der Waals surface area contributed by atoms with Crippen LogP contribution in [0.15, 0.2) is 39.0 Å². The fourth-order valence-electron chi connectivity index (χ4n) is 2.57. The van der Waals surface area contributed by atoms with Crippen LogP contribution < -0.4 is 0 Å². The number of hydrogen-bond acceptors (Lipinski definition) is 7. The van der Waals surface area contributed by atoms with E-state index in [9.17, 15) is 4.79 Å². The molecule has 0 spiro atoms. The molecule has 0 saturated heterocycles. The average molecular weight is 435 g/mol. The summed E-state index contributed by atoms with van der Waals surface area (Å²) in [5.41, 5.74) is 3.49. The summed E-state index contributed by atoms with van der Waals surface area (Å²) in [6.07, 6.45) is 0. The van der Waals surface area contributed by atoms with Gasteiger partial charge in [0.1, 0.15) is 0 Å². The summed E-state index contributed by atoms with van der Waals surface area (Å²) in [4.78, 5) is 14.7. The molecule has 0 unspecified atom stereocenters. The highest BCUT2D eigenvalue weighted by Crippen LogP contribution is 2.32. The first-order valence-corrected chi connectivity index (χ1v) is 12.3. The molecule has 0 aliphatic rings. The lowest BCUT2D eigenvalue weighted by atomic mass is 10.0. The fraction of sp³-hybridized carbons (Fsp3) is 0.350. The van der Waals surface area contributed by atoms with Gasteiger partial charge >= 0.3 is 0 Å². The first kappa shape index (κ1) is 20.6. The van der Waals surface area contributed by atoms with Crippen LogP contribution in [0.2, 0.25) is 0 Å². The molecule has 3 aromatic rings. The van der Waals surface area contributed by atoms with Gasteiger partial charge < -0.3 is 0 Å². The molecule has 142 valence electrons. The Bertz CT molecular complexity index is 912. The van der Waals surface area contributed by atoms with Crippen molar-refractivity contribution in [2.75, 3.05) is 5.75 Å². The minimum atomic E-state index is 0.163. The highest BCUT2D eigenvalue weighted by Gasteiger charge is 2.14. The summed E-state index contributed by atoms with van der Waals surface area (Å²) in [7, 11) is 0. The second-order valence-corrected chi connectivity index (χ2v) is 11.4. The van der Waals surface area contributed by atoms with E-state index in [1.165, 1.54) is 27.8 Å². The van der Waals surface area contributed by atoms with Gasteiger partial charge in [0.2, 0.25) is 0 Å². The molecule has 0 fully saturated rings. The molecule has 0 saturated carbocycles. The lowest BCUT2D eigenvalue weighted by Crippen LogP contribution is -2.02. The molecule has 0 atom stereocenters. The third kappa shape index (κ3) is 5.67. The topological polar surface area (TPSA) is 42.9 Å². The molecule has 0 amide bonds. The molecule has 0 aliphatic heterocycles. The molecule has 0 bridgehead atoms. The molecule has 0 aliphatic carbocycles. The Morgan fingerprint density at radius 1 is 1.04 bits per heavy atom. The van der Waals surface area contributed by atoms with E-state index in [0.717, 1.165) is 24.9 Å². The van der Waals surface area contributed by atoms with E-state index in [1.54, 1.807) is 34.4 Å². The number of ketones is 1. The van der Waals surface area contributed by atoms with Crippen molar-refractivity contribution in [1.29, 1.82) is 0 Å². The van der Waals surface area contributed by atoms with Crippen molar-refractivity contribution in [2.24, 2.45) is 0 Å². The third-order valence-corrected chi connectivity index (χ3v) is 8.29. The van der Waals surface area contributed by atoms with Crippen LogP contribution in [0, 0.1) is 13.8 Å². The Labute approximate surface area is 177 Å². The van der Waals surface area contributed by atoms with Gasteiger partial charge in [-0.3, -0.25) is 4.79 Å². The molecule has 3 rings (SSSR count). The number of nitrogens with zero attached hydrogens (tertiary/aromatic N) is 2. The predicted octanol–water partition coefficient (Wildman–Crippen LogP) is 6.61. The van der Waals surface area contributed by atoms with E-state index in [2.05, 4.69) is 48.3 Å². The van der Waals surface area contributed by atoms with E-state index in [0.29, 0.717) is 11.7 Å². The summed E-state index contributed by atoms with van der Waals surface area (Å²) in [5.74, 6) is 2.01. The van der Waals surface area contributed by atoms with Crippen LogP contribution in [0.1, 0.15) is 51.0 Å².